The van der Waals surface area contributed by atoms with Gasteiger partial charge in [-0.1, -0.05) is 30.3 Å². The van der Waals surface area contributed by atoms with Crippen molar-refractivity contribution >= 4 is 11.9 Å². The fourth-order valence-electron chi connectivity index (χ4n) is 1.43. The lowest BCUT2D eigenvalue weighted by Crippen LogP contribution is -2.34. The van der Waals surface area contributed by atoms with Crippen molar-refractivity contribution in [2.45, 2.75) is 12.8 Å². The Morgan fingerprint density at radius 2 is 1.94 bits per heavy atom. The highest BCUT2D eigenvalue weighted by atomic mass is 16.5. The average Bonchev–Trinajstić information content (AvgIpc) is 2.31. The highest BCUT2D eigenvalue weighted by molar-refractivity contribution is 6.03. The number of esters is 1. The van der Waals surface area contributed by atoms with Crippen LogP contribution in [0.1, 0.15) is 18.4 Å². The van der Waals surface area contributed by atoms with Crippen molar-refractivity contribution in [2.24, 2.45) is 0 Å². The molecule has 0 unspecified atom stereocenters. The van der Waals surface area contributed by atoms with Crippen LogP contribution >= 0.6 is 0 Å². The molecule has 1 rings (SSSR count). The van der Waals surface area contributed by atoms with E-state index >= 15 is 0 Å². The summed E-state index contributed by atoms with van der Waals surface area (Å²) in [6, 6.07) is 8.86. The van der Waals surface area contributed by atoms with Crippen LogP contribution in [0.25, 0.3) is 0 Å². The van der Waals surface area contributed by atoms with Gasteiger partial charge >= 0.3 is 5.97 Å². The van der Waals surface area contributed by atoms with Gasteiger partial charge in [0.25, 0.3) is 0 Å². The zero-order valence-electron chi connectivity index (χ0n) is 9.40. The Morgan fingerprint density at radius 3 is 2.44 bits per heavy atom. The van der Waals surface area contributed by atoms with Crippen molar-refractivity contribution in [1.82, 2.24) is 5.32 Å². The molecule has 4 nitrogen and oxygen atoms in total. The van der Waals surface area contributed by atoms with Crippen LogP contribution < -0.4 is 5.32 Å². The topological polar surface area (TPSA) is 55.4 Å². The maximum Gasteiger partial charge on any atom is 0.322 e. The maximum atomic E-state index is 11.7. The van der Waals surface area contributed by atoms with E-state index in [0.717, 1.165) is 0 Å². The quantitative estimate of drug-likeness (QED) is 0.611. The largest absolute Gasteiger partial charge is 0.468 e. The van der Waals surface area contributed by atoms with E-state index in [2.05, 4.69) is 10.1 Å². The molecule has 0 saturated heterocycles. The summed E-state index contributed by atoms with van der Waals surface area (Å²) in [4.78, 5) is 23.3. The SMILES string of the molecule is CCNC(=O)[C@@H](C(=O)OC)c1ccccc1. The van der Waals surface area contributed by atoms with Gasteiger partial charge in [0.2, 0.25) is 5.91 Å². The molecule has 0 heterocycles. The molecule has 0 aliphatic carbocycles. The first-order valence-electron chi connectivity index (χ1n) is 5.11. The van der Waals surface area contributed by atoms with Crippen molar-refractivity contribution in [3.05, 3.63) is 35.9 Å². The van der Waals surface area contributed by atoms with E-state index in [1.54, 1.807) is 31.2 Å². The second-order valence-corrected chi connectivity index (χ2v) is 3.26. The van der Waals surface area contributed by atoms with Gasteiger partial charge in [-0.05, 0) is 12.5 Å². The van der Waals surface area contributed by atoms with Gasteiger partial charge in [0.1, 0.15) is 0 Å². The second-order valence-electron chi connectivity index (χ2n) is 3.26. The minimum atomic E-state index is -0.883. The molecule has 1 atom stereocenters. The third kappa shape index (κ3) is 2.82. The zero-order valence-corrected chi connectivity index (χ0v) is 9.40. The number of hydrogen-bond acceptors (Lipinski definition) is 3. The Morgan fingerprint density at radius 1 is 1.31 bits per heavy atom. The number of amides is 1. The lowest BCUT2D eigenvalue weighted by molar-refractivity contribution is -0.146. The van der Waals surface area contributed by atoms with E-state index in [1.165, 1.54) is 7.11 Å². The Balaban J connectivity index is 2.97. The molecule has 1 aromatic carbocycles. The van der Waals surface area contributed by atoms with Crippen LogP contribution in [-0.2, 0) is 14.3 Å². The number of benzene rings is 1. The van der Waals surface area contributed by atoms with Crippen LogP contribution in [0.4, 0.5) is 0 Å². The number of nitrogens with one attached hydrogen (secondary N) is 1. The molecule has 1 N–H and O–H groups in total. The fourth-order valence-corrected chi connectivity index (χ4v) is 1.43. The van der Waals surface area contributed by atoms with E-state index in [0.29, 0.717) is 12.1 Å². The lowest BCUT2D eigenvalue weighted by atomic mass is 9.98. The molecule has 0 saturated carbocycles. The summed E-state index contributed by atoms with van der Waals surface area (Å²) < 4.78 is 4.63. The fraction of sp³-hybridized carbons (Fsp3) is 0.333. The van der Waals surface area contributed by atoms with Gasteiger partial charge in [0.15, 0.2) is 5.92 Å². The van der Waals surface area contributed by atoms with Crippen molar-refractivity contribution in [1.29, 1.82) is 0 Å². The molecule has 0 radical (unpaired) electrons. The van der Waals surface area contributed by atoms with Crippen LogP contribution in [-0.4, -0.2) is 25.5 Å². The average molecular weight is 221 g/mol. The van der Waals surface area contributed by atoms with Gasteiger partial charge in [-0.3, -0.25) is 9.59 Å². The highest BCUT2D eigenvalue weighted by Gasteiger charge is 2.28. The van der Waals surface area contributed by atoms with Crippen LogP contribution in [0.3, 0.4) is 0 Å². The van der Waals surface area contributed by atoms with Gasteiger partial charge in [0, 0.05) is 6.54 Å². The van der Waals surface area contributed by atoms with Gasteiger partial charge in [0.05, 0.1) is 7.11 Å². The summed E-state index contributed by atoms with van der Waals surface area (Å²) in [5.74, 6) is -1.76. The normalized spacial score (nSPS) is 11.6. The Kier molecular flexibility index (Phi) is 4.51. The minimum Gasteiger partial charge on any atom is -0.468 e. The van der Waals surface area contributed by atoms with E-state index in [4.69, 9.17) is 0 Å². The van der Waals surface area contributed by atoms with Gasteiger partial charge < -0.3 is 10.1 Å². The molecule has 4 heteroatoms. The smallest absolute Gasteiger partial charge is 0.322 e. The molecule has 1 amide bonds. The Hall–Kier alpha value is -1.84. The molecule has 0 bridgehead atoms. The summed E-state index contributed by atoms with van der Waals surface area (Å²) >= 11 is 0. The molecule has 0 spiro atoms. The first-order chi connectivity index (χ1) is 7.70. The molecule has 1 aromatic rings. The standard InChI is InChI=1S/C12H15NO3/c1-3-13-11(14)10(12(15)16-2)9-7-5-4-6-8-9/h4-8,10H,3H2,1-2H3,(H,13,14)/t10-/m0/s1. The molecular weight excluding hydrogens is 206 g/mol. The molecule has 86 valence electrons. The van der Waals surface area contributed by atoms with Crippen molar-refractivity contribution in [2.75, 3.05) is 13.7 Å². The number of carbonyl (C=O) groups is 2. The maximum absolute atomic E-state index is 11.7. The number of likely N-dealkylation sites (N-methyl/N-ethyl adjacent to an activating group) is 1. The number of ether oxygens (including phenoxy) is 1. The van der Waals surface area contributed by atoms with Crippen molar-refractivity contribution in [3.63, 3.8) is 0 Å². The molecular formula is C12H15NO3. The van der Waals surface area contributed by atoms with Gasteiger partial charge in [-0.15, -0.1) is 0 Å². The predicted octanol–water partition coefficient (Wildman–Crippen LogP) is 1.08. The second kappa shape index (κ2) is 5.90. The highest BCUT2D eigenvalue weighted by Crippen LogP contribution is 2.17. The molecule has 0 aromatic heterocycles. The molecule has 0 fully saturated rings. The number of hydrogen-bond donors (Lipinski definition) is 1. The zero-order chi connectivity index (χ0) is 12.0. The van der Waals surface area contributed by atoms with Crippen LogP contribution in [0.2, 0.25) is 0 Å². The summed E-state index contributed by atoms with van der Waals surface area (Å²) in [5, 5.41) is 2.62. The van der Waals surface area contributed by atoms with E-state index in [9.17, 15) is 9.59 Å². The van der Waals surface area contributed by atoms with E-state index in [1.807, 2.05) is 6.07 Å². The van der Waals surface area contributed by atoms with Crippen LogP contribution in [0.5, 0.6) is 0 Å². The van der Waals surface area contributed by atoms with Crippen molar-refractivity contribution < 1.29 is 14.3 Å². The van der Waals surface area contributed by atoms with Gasteiger partial charge in [-0.25, -0.2) is 0 Å². The summed E-state index contributed by atoms with van der Waals surface area (Å²) in [7, 11) is 1.28. The third-order valence-corrected chi connectivity index (χ3v) is 2.18. The molecule has 16 heavy (non-hydrogen) atoms. The lowest BCUT2D eigenvalue weighted by Gasteiger charge is -2.14. The number of methoxy groups -OCH3 is 1. The Bertz CT molecular complexity index is 362. The van der Waals surface area contributed by atoms with E-state index < -0.39 is 11.9 Å². The van der Waals surface area contributed by atoms with Crippen LogP contribution in [0.15, 0.2) is 30.3 Å². The van der Waals surface area contributed by atoms with Crippen molar-refractivity contribution in [3.8, 4) is 0 Å². The Labute approximate surface area is 94.6 Å². The first-order valence-corrected chi connectivity index (χ1v) is 5.11. The monoisotopic (exact) mass is 221 g/mol. The molecule has 0 aliphatic heterocycles. The number of carbonyl (C=O) groups excluding carboxylic acids is 2. The summed E-state index contributed by atoms with van der Waals surface area (Å²) in [5.41, 5.74) is 0.639. The summed E-state index contributed by atoms with van der Waals surface area (Å²) in [6.45, 7) is 2.29. The van der Waals surface area contributed by atoms with E-state index in [-0.39, 0.29) is 5.91 Å². The third-order valence-electron chi connectivity index (χ3n) is 2.18. The predicted molar refractivity (Wildman–Crippen MR) is 59.9 cm³/mol. The number of rotatable bonds is 4. The summed E-state index contributed by atoms with van der Waals surface area (Å²) in [6.07, 6.45) is 0. The first kappa shape index (κ1) is 12.2. The van der Waals surface area contributed by atoms with Crippen LogP contribution in [0, 0.1) is 0 Å². The minimum absolute atomic E-state index is 0.333. The molecule has 0 aliphatic rings. The van der Waals surface area contributed by atoms with Gasteiger partial charge in [-0.2, -0.15) is 0 Å².